The summed E-state index contributed by atoms with van der Waals surface area (Å²) in [5, 5.41) is 8.30. The normalized spacial score (nSPS) is 18.7. The second kappa shape index (κ2) is 6.56. The molecule has 0 bridgehead atoms. The average molecular weight is 263 g/mol. The molecule has 1 fully saturated rings. The Morgan fingerprint density at radius 3 is 2.58 bits per heavy atom. The first-order valence-corrected chi connectivity index (χ1v) is 7.91. The standard InChI is InChI=1S/C16H29N3/c1-5-17-11-12(2)16-13(3)18-19(14(16)4)15-9-7-6-8-10-15/h12,15,17H,5-11H2,1-4H3. The fourth-order valence-electron chi connectivity index (χ4n) is 3.53. The monoisotopic (exact) mass is 263 g/mol. The minimum Gasteiger partial charge on any atom is -0.316 e. The summed E-state index contributed by atoms with van der Waals surface area (Å²) in [6.45, 7) is 11.0. The number of aromatic nitrogens is 2. The van der Waals surface area contributed by atoms with E-state index in [0.29, 0.717) is 12.0 Å². The van der Waals surface area contributed by atoms with Gasteiger partial charge in [-0.1, -0.05) is 33.1 Å². The van der Waals surface area contributed by atoms with E-state index in [1.807, 2.05) is 0 Å². The van der Waals surface area contributed by atoms with Crippen molar-refractivity contribution in [2.45, 2.75) is 71.8 Å². The number of rotatable bonds is 5. The highest BCUT2D eigenvalue weighted by Crippen LogP contribution is 2.32. The quantitative estimate of drug-likeness (QED) is 0.877. The van der Waals surface area contributed by atoms with E-state index in [4.69, 9.17) is 5.10 Å². The lowest BCUT2D eigenvalue weighted by Gasteiger charge is -2.23. The second-order valence-electron chi connectivity index (χ2n) is 6.03. The summed E-state index contributed by atoms with van der Waals surface area (Å²) < 4.78 is 2.33. The van der Waals surface area contributed by atoms with Crippen LogP contribution in [0, 0.1) is 13.8 Å². The van der Waals surface area contributed by atoms with Crippen LogP contribution in [-0.2, 0) is 0 Å². The molecular formula is C16H29N3. The summed E-state index contributed by atoms with van der Waals surface area (Å²) in [6, 6.07) is 0.646. The molecule has 19 heavy (non-hydrogen) atoms. The third-order valence-electron chi connectivity index (χ3n) is 4.49. The van der Waals surface area contributed by atoms with Gasteiger partial charge in [0.05, 0.1) is 11.7 Å². The zero-order valence-corrected chi connectivity index (χ0v) is 13.0. The van der Waals surface area contributed by atoms with E-state index in [2.05, 4.69) is 37.7 Å². The fourth-order valence-corrected chi connectivity index (χ4v) is 3.53. The molecule has 3 nitrogen and oxygen atoms in total. The summed E-state index contributed by atoms with van der Waals surface area (Å²) in [7, 11) is 0. The lowest BCUT2D eigenvalue weighted by atomic mass is 9.94. The maximum absolute atomic E-state index is 4.85. The summed E-state index contributed by atoms with van der Waals surface area (Å²) in [4.78, 5) is 0. The van der Waals surface area contributed by atoms with E-state index in [0.717, 1.165) is 13.1 Å². The van der Waals surface area contributed by atoms with Gasteiger partial charge in [-0.2, -0.15) is 5.10 Å². The number of aryl methyl sites for hydroxylation is 1. The molecule has 1 unspecified atom stereocenters. The first-order chi connectivity index (χ1) is 9.15. The lowest BCUT2D eigenvalue weighted by Crippen LogP contribution is -2.20. The Morgan fingerprint density at radius 2 is 1.95 bits per heavy atom. The molecule has 1 N–H and O–H groups in total. The first-order valence-electron chi connectivity index (χ1n) is 7.91. The van der Waals surface area contributed by atoms with Gasteiger partial charge in [-0.15, -0.1) is 0 Å². The van der Waals surface area contributed by atoms with Gasteiger partial charge in [-0.25, -0.2) is 0 Å². The van der Waals surface area contributed by atoms with Gasteiger partial charge in [0.25, 0.3) is 0 Å². The van der Waals surface area contributed by atoms with Gasteiger partial charge in [-0.05, 0) is 39.2 Å². The fraction of sp³-hybridized carbons (Fsp3) is 0.812. The summed E-state index contributed by atoms with van der Waals surface area (Å²) in [5.74, 6) is 0.553. The summed E-state index contributed by atoms with van der Waals surface area (Å²) >= 11 is 0. The van der Waals surface area contributed by atoms with Crippen molar-refractivity contribution in [3.8, 4) is 0 Å². The van der Waals surface area contributed by atoms with Crippen molar-refractivity contribution >= 4 is 0 Å². The van der Waals surface area contributed by atoms with Crippen molar-refractivity contribution in [3.05, 3.63) is 17.0 Å². The maximum atomic E-state index is 4.85. The van der Waals surface area contributed by atoms with Crippen LogP contribution in [0.15, 0.2) is 0 Å². The van der Waals surface area contributed by atoms with Crippen LogP contribution in [0.25, 0.3) is 0 Å². The van der Waals surface area contributed by atoms with Crippen LogP contribution in [0.2, 0.25) is 0 Å². The van der Waals surface area contributed by atoms with E-state index >= 15 is 0 Å². The topological polar surface area (TPSA) is 29.9 Å². The molecular weight excluding hydrogens is 234 g/mol. The maximum Gasteiger partial charge on any atom is 0.0631 e. The average Bonchev–Trinajstić information content (AvgIpc) is 2.72. The Labute approximate surface area is 117 Å². The van der Waals surface area contributed by atoms with Crippen LogP contribution in [0.5, 0.6) is 0 Å². The third-order valence-corrected chi connectivity index (χ3v) is 4.49. The Bertz CT molecular complexity index is 402. The number of likely N-dealkylation sites (N-methyl/N-ethyl adjacent to an activating group) is 1. The highest BCUT2D eigenvalue weighted by Gasteiger charge is 2.23. The van der Waals surface area contributed by atoms with Crippen LogP contribution in [0.1, 0.15) is 74.9 Å². The predicted octanol–water partition coefficient (Wildman–Crippen LogP) is 3.72. The molecule has 0 aliphatic heterocycles. The molecule has 0 saturated heterocycles. The van der Waals surface area contributed by atoms with E-state index < -0.39 is 0 Å². The Kier molecular flexibility index (Phi) is 5.03. The molecule has 0 spiro atoms. The molecule has 1 aromatic rings. The number of nitrogens with zero attached hydrogens (tertiary/aromatic N) is 2. The Balaban J connectivity index is 2.18. The van der Waals surface area contributed by atoms with E-state index in [1.165, 1.54) is 49.1 Å². The Hall–Kier alpha value is -0.830. The minimum absolute atomic E-state index is 0.553. The molecule has 1 aliphatic carbocycles. The smallest absolute Gasteiger partial charge is 0.0631 e. The van der Waals surface area contributed by atoms with Crippen LogP contribution in [-0.4, -0.2) is 22.9 Å². The van der Waals surface area contributed by atoms with Crippen molar-refractivity contribution in [2.24, 2.45) is 0 Å². The summed E-state index contributed by atoms with van der Waals surface area (Å²) in [6.07, 6.45) is 6.75. The number of hydrogen-bond acceptors (Lipinski definition) is 2. The largest absolute Gasteiger partial charge is 0.316 e. The van der Waals surface area contributed by atoms with Gasteiger partial charge in [0.15, 0.2) is 0 Å². The molecule has 1 aromatic heterocycles. The van der Waals surface area contributed by atoms with Gasteiger partial charge in [0.2, 0.25) is 0 Å². The number of hydrogen-bond donors (Lipinski definition) is 1. The van der Waals surface area contributed by atoms with Crippen LogP contribution in [0.3, 0.4) is 0 Å². The van der Waals surface area contributed by atoms with Crippen molar-refractivity contribution in [3.63, 3.8) is 0 Å². The van der Waals surface area contributed by atoms with E-state index in [1.54, 1.807) is 0 Å². The van der Waals surface area contributed by atoms with E-state index in [9.17, 15) is 0 Å². The summed E-state index contributed by atoms with van der Waals surface area (Å²) in [5.41, 5.74) is 4.09. The zero-order chi connectivity index (χ0) is 13.8. The molecule has 3 heteroatoms. The molecule has 2 rings (SSSR count). The van der Waals surface area contributed by atoms with Crippen molar-refractivity contribution in [1.29, 1.82) is 0 Å². The van der Waals surface area contributed by atoms with Gasteiger partial charge >= 0.3 is 0 Å². The van der Waals surface area contributed by atoms with Crippen molar-refractivity contribution < 1.29 is 0 Å². The molecule has 1 aliphatic rings. The lowest BCUT2D eigenvalue weighted by molar-refractivity contribution is 0.323. The highest BCUT2D eigenvalue weighted by molar-refractivity contribution is 5.29. The molecule has 0 aromatic carbocycles. The molecule has 1 heterocycles. The molecule has 1 saturated carbocycles. The van der Waals surface area contributed by atoms with Crippen LogP contribution >= 0.6 is 0 Å². The van der Waals surface area contributed by atoms with Gasteiger partial charge in [0, 0.05) is 17.8 Å². The molecule has 0 radical (unpaired) electrons. The first kappa shape index (κ1) is 14.6. The number of nitrogens with one attached hydrogen (secondary N) is 1. The van der Waals surface area contributed by atoms with Gasteiger partial charge in [-0.3, -0.25) is 4.68 Å². The third kappa shape index (κ3) is 3.19. The van der Waals surface area contributed by atoms with Crippen LogP contribution in [0.4, 0.5) is 0 Å². The van der Waals surface area contributed by atoms with Crippen molar-refractivity contribution in [2.75, 3.05) is 13.1 Å². The molecule has 108 valence electrons. The molecule has 0 amide bonds. The van der Waals surface area contributed by atoms with E-state index in [-0.39, 0.29) is 0 Å². The second-order valence-corrected chi connectivity index (χ2v) is 6.03. The Morgan fingerprint density at radius 1 is 1.26 bits per heavy atom. The minimum atomic E-state index is 0.553. The SMILES string of the molecule is CCNCC(C)c1c(C)nn(C2CCCCC2)c1C. The predicted molar refractivity (Wildman–Crippen MR) is 80.8 cm³/mol. The molecule has 1 atom stereocenters. The van der Waals surface area contributed by atoms with Crippen LogP contribution < -0.4 is 5.32 Å². The zero-order valence-electron chi connectivity index (χ0n) is 13.0. The van der Waals surface area contributed by atoms with Crippen molar-refractivity contribution in [1.82, 2.24) is 15.1 Å². The van der Waals surface area contributed by atoms with Gasteiger partial charge in [0.1, 0.15) is 0 Å². The highest BCUT2D eigenvalue weighted by atomic mass is 15.3. The van der Waals surface area contributed by atoms with Gasteiger partial charge < -0.3 is 5.32 Å².